The Kier molecular flexibility index (Phi) is 4.57. The molecule has 120 valence electrons. The largest absolute Gasteiger partial charge is 0.457 e. The summed E-state index contributed by atoms with van der Waals surface area (Å²) in [7, 11) is 0. The lowest BCUT2D eigenvalue weighted by molar-refractivity contribution is 0.0787. The zero-order chi connectivity index (χ0) is 16.2. The van der Waals surface area contributed by atoms with Crippen molar-refractivity contribution in [1.29, 1.82) is 0 Å². The lowest BCUT2D eigenvalue weighted by atomic mass is 10.1. The van der Waals surface area contributed by atoms with Gasteiger partial charge in [-0.25, -0.2) is 4.39 Å². The first kappa shape index (κ1) is 15.5. The molecule has 0 saturated carbocycles. The van der Waals surface area contributed by atoms with Gasteiger partial charge in [0.05, 0.1) is 0 Å². The molecule has 0 aromatic heterocycles. The fraction of sp³-hybridized carbons (Fsp3) is 0.278. The normalized spacial score (nSPS) is 17.3. The fourth-order valence-corrected chi connectivity index (χ4v) is 2.72. The van der Waals surface area contributed by atoms with E-state index in [4.69, 9.17) is 10.5 Å². The van der Waals surface area contributed by atoms with E-state index in [1.165, 1.54) is 12.1 Å². The molecule has 2 N–H and O–H groups in total. The number of nitrogens with zero attached hydrogens (tertiary/aromatic N) is 1. The van der Waals surface area contributed by atoms with Gasteiger partial charge in [-0.15, -0.1) is 0 Å². The van der Waals surface area contributed by atoms with E-state index >= 15 is 0 Å². The summed E-state index contributed by atoms with van der Waals surface area (Å²) in [6.07, 6.45) is 0.961. The fourth-order valence-electron chi connectivity index (χ4n) is 2.72. The molecule has 1 aliphatic heterocycles. The average molecular weight is 314 g/mol. The molecule has 1 amide bonds. The molecule has 4 nitrogen and oxygen atoms in total. The van der Waals surface area contributed by atoms with Crippen LogP contribution < -0.4 is 10.5 Å². The summed E-state index contributed by atoms with van der Waals surface area (Å²) >= 11 is 0. The Morgan fingerprint density at radius 1 is 1.22 bits per heavy atom. The van der Waals surface area contributed by atoms with E-state index in [1.807, 2.05) is 4.90 Å². The molecule has 2 aromatic rings. The molecule has 3 rings (SSSR count). The Balaban J connectivity index is 1.66. The second kappa shape index (κ2) is 6.79. The van der Waals surface area contributed by atoms with E-state index in [9.17, 15) is 9.18 Å². The third kappa shape index (κ3) is 3.68. The molecule has 0 spiro atoms. The van der Waals surface area contributed by atoms with E-state index in [-0.39, 0.29) is 11.7 Å². The Morgan fingerprint density at radius 3 is 2.65 bits per heavy atom. The maximum Gasteiger partial charge on any atom is 0.253 e. The van der Waals surface area contributed by atoms with Crippen LogP contribution in [0.3, 0.4) is 0 Å². The lowest BCUT2D eigenvalue weighted by Crippen LogP contribution is -2.29. The van der Waals surface area contributed by atoms with Gasteiger partial charge in [0.2, 0.25) is 0 Å². The van der Waals surface area contributed by atoms with Crippen LogP contribution in [0.15, 0.2) is 48.5 Å². The molecule has 1 heterocycles. The maximum atomic E-state index is 13.1. The van der Waals surface area contributed by atoms with Crippen molar-refractivity contribution in [3.8, 4) is 11.5 Å². The lowest BCUT2D eigenvalue weighted by Gasteiger charge is -2.16. The topological polar surface area (TPSA) is 55.6 Å². The van der Waals surface area contributed by atoms with E-state index in [1.54, 1.807) is 36.4 Å². The van der Waals surface area contributed by atoms with Gasteiger partial charge in [-0.05, 0) is 55.3 Å². The van der Waals surface area contributed by atoms with Gasteiger partial charge >= 0.3 is 0 Å². The Labute approximate surface area is 134 Å². The number of amides is 1. The highest BCUT2D eigenvalue weighted by Gasteiger charge is 2.25. The van der Waals surface area contributed by atoms with Gasteiger partial charge in [0.1, 0.15) is 17.3 Å². The van der Waals surface area contributed by atoms with Crippen LogP contribution in [0.1, 0.15) is 16.8 Å². The second-order valence-electron chi connectivity index (χ2n) is 5.73. The minimum Gasteiger partial charge on any atom is -0.457 e. The summed E-state index contributed by atoms with van der Waals surface area (Å²) in [5, 5.41) is 0. The summed E-state index contributed by atoms with van der Waals surface area (Å²) in [5.41, 5.74) is 6.28. The van der Waals surface area contributed by atoms with Crippen molar-refractivity contribution < 1.29 is 13.9 Å². The zero-order valence-electron chi connectivity index (χ0n) is 12.7. The molecule has 0 unspecified atom stereocenters. The first-order valence-corrected chi connectivity index (χ1v) is 7.68. The maximum absolute atomic E-state index is 13.1. The zero-order valence-corrected chi connectivity index (χ0v) is 12.7. The highest BCUT2D eigenvalue weighted by atomic mass is 19.1. The molecule has 2 aromatic carbocycles. The number of hydrogen-bond acceptors (Lipinski definition) is 3. The molecule has 5 heteroatoms. The van der Waals surface area contributed by atoms with E-state index in [2.05, 4.69) is 0 Å². The standard InChI is InChI=1S/C18H19FN2O2/c19-15-2-1-3-17(10-15)23-16-6-4-14(5-7-16)18(22)21-9-8-13(11-20)12-21/h1-7,10,13H,8-9,11-12,20H2/t13-/m0/s1. The van der Waals surface area contributed by atoms with Crippen LogP contribution in [0.4, 0.5) is 4.39 Å². The molecule has 0 aliphatic carbocycles. The summed E-state index contributed by atoms with van der Waals surface area (Å²) < 4.78 is 18.7. The molecular weight excluding hydrogens is 295 g/mol. The number of benzene rings is 2. The van der Waals surface area contributed by atoms with Crippen molar-refractivity contribution in [1.82, 2.24) is 4.90 Å². The number of carbonyl (C=O) groups is 1. The monoisotopic (exact) mass is 314 g/mol. The van der Waals surface area contributed by atoms with Crippen LogP contribution in [0.25, 0.3) is 0 Å². The molecule has 1 atom stereocenters. The molecule has 1 saturated heterocycles. The van der Waals surface area contributed by atoms with Crippen molar-refractivity contribution in [3.05, 3.63) is 59.9 Å². The molecular formula is C18H19FN2O2. The minimum atomic E-state index is -0.349. The van der Waals surface area contributed by atoms with Crippen LogP contribution in [0.2, 0.25) is 0 Å². The van der Waals surface area contributed by atoms with Crippen molar-refractivity contribution >= 4 is 5.91 Å². The Hall–Kier alpha value is -2.40. The van der Waals surface area contributed by atoms with Crippen LogP contribution in [0, 0.1) is 11.7 Å². The van der Waals surface area contributed by atoms with Crippen LogP contribution in [-0.2, 0) is 0 Å². The Bertz CT molecular complexity index is 688. The highest BCUT2D eigenvalue weighted by Crippen LogP contribution is 2.23. The number of carbonyl (C=O) groups excluding carboxylic acids is 1. The highest BCUT2D eigenvalue weighted by molar-refractivity contribution is 5.94. The number of rotatable bonds is 4. The summed E-state index contributed by atoms with van der Waals surface area (Å²) in [4.78, 5) is 14.3. The summed E-state index contributed by atoms with van der Waals surface area (Å²) in [6, 6.07) is 12.8. The average Bonchev–Trinajstić information content (AvgIpc) is 3.04. The van der Waals surface area contributed by atoms with E-state index in [0.717, 1.165) is 19.5 Å². The molecule has 1 fully saturated rings. The quantitative estimate of drug-likeness (QED) is 0.943. The molecule has 23 heavy (non-hydrogen) atoms. The number of halogens is 1. The van der Waals surface area contributed by atoms with Gasteiger partial charge in [0.25, 0.3) is 5.91 Å². The third-order valence-corrected chi connectivity index (χ3v) is 4.04. The Morgan fingerprint density at radius 2 is 2.00 bits per heavy atom. The molecule has 0 bridgehead atoms. The minimum absolute atomic E-state index is 0.0123. The first-order chi connectivity index (χ1) is 11.2. The van der Waals surface area contributed by atoms with Crippen LogP contribution in [-0.4, -0.2) is 30.4 Å². The molecule has 0 radical (unpaired) electrons. The summed E-state index contributed by atoms with van der Waals surface area (Å²) in [5.74, 6) is 1.05. The number of likely N-dealkylation sites (tertiary alicyclic amines) is 1. The number of hydrogen-bond donors (Lipinski definition) is 1. The van der Waals surface area contributed by atoms with Gasteiger partial charge in [-0.3, -0.25) is 4.79 Å². The van der Waals surface area contributed by atoms with Crippen molar-refractivity contribution in [2.45, 2.75) is 6.42 Å². The third-order valence-electron chi connectivity index (χ3n) is 4.04. The predicted molar refractivity (Wildman–Crippen MR) is 86.0 cm³/mol. The van der Waals surface area contributed by atoms with Crippen molar-refractivity contribution in [2.75, 3.05) is 19.6 Å². The van der Waals surface area contributed by atoms with Gasteiger partial charge < -0.3 is 15.4 Å². The van der Waals surface area contributed by atoms with E-state index < -0.39 is 0 Å². The number of nitrogens with two attached hydrogens (primary N) is 1. The first-order valence-electron chi connectivity index (χ1n) is 7.68. The van der Waals surface area contributed by atoms with Crippen molar-refractivity contribution in [3.63, 3.8) is 0 Å². The molecule has 1 aliphatic rings. The van der Waals surface area contributed by atoms with E-state index in [0.29, 0.717) is 29.5 Å². The van der Waals surface area contributed by atoms with Gasteiger partial charge in [0.15, 0.2) is 0 Å². The van der Waals surface area contributed by atoms with Gasteiger partial charge in [0, 0.05) is 24.7 Å². The van der Waals surface area contributed by atoms with Crippen molar-refractivity contribution in [2.24, 2.45) is 11.7 Å². The SMILES string of the molecule is NC[C@@H]1CCN(C(=O)c2ccc(Oc3cccc(F)c3)cc2)C1. The predicted octanol–water partition coefficient (Wildman–Crippen LogP) is 3.04. The number of ether oxygens (including phenoxy) is 1. The summed E-state index contributed by atoms with van der Waals surface area (Å²) in [6.45, 7) is 2.09. The smallest absolute Gasteiger partial charge is 0.253 e. The van der Waals surface area contributed by atoms with Crippen LogP contribution >= 0.6 is 0 Å². The van der Waals surface area contributed by atoms with Gasteiger partial charge in [-0.1, -0.05) is 6.07 Å². The second-order valence-corrected chi connectivity index (χ2v) is 5.73. The van der Waals surface area contributed by atoms with Gasteiger partial charge in [-0.2, -0.15) is 0 Å². The van der Waals surface area contributed by atoms with Crippen LogP contribution in [0.5, 0.6) is 11.5 Å².